The molecule has 0 saturated carbocycles. The number of ether oxygens (including phenoxy) is 1. The number of aryl methyl sites for hydroxylation is 2. The number of nitrogens with one attached hydrogen (secondary N) is 1. The summed E-state index contributed by atoms with van der Waals surface area (Å²) in [6, 6.07) is 7.43. The minimum Gasteiger partial charge on any atom is -0.442 e. The predicted molar refractivity (Wildman–Crippen MR) is 131 cm³/mol. The summed E-state index contributed by atoms with van der Waals surface area (Å²) in [7, 11) is 1.82. The lowest BCUT2D eigenvalue weighted by molar-refractivity contribution is -0.113. The molecule has 0 spiro atoms. The number of rotatable bonds is 4. The van der Waals surface area contributed by atoms with Gasteiger partial charge in [0, 0.05) is 35.4 Å². The summed E-state index contributed by atoms with van der Waals surface area (Å²) < 4.78 is 8.45. The lowest BCUT2D eigenvalue weighted by Crippen LogP contribution is -2.27. The molecule has 1 aromatic carbocycles. The average molecular weight is 481 g/mol. The molecule has 0 atom stereocenters. The molecule has 176 valence electrons. The van der Waals surface area contributed by atoms with Gasteiger partial charge in [-0.25, -0.2) is 4.79 Å². The number of hydrogen-bond acceptors (Lipinski definition) is 6. The lowest BCUT2D eigenvalue weighted by Gasteiger charge is -2.19. The number of amides is 1. The van der Waals surface area contributed by atoms with E-state index in [4.69, 9.17) is 16.3 Å². The van der Waals surface area contributed by atoms with Gasteiger partial charge in [0.2, 0.25) is 5.91 Å². The molecule has 1 amide bonds. The fraction of sp³-hybridized carbons (Fsp3) is 0.292. The summed E-state index contributed by atoms with van der Waals surface area (Å²) in [5.41, 5.74) is 4.38. The Bertz CT molecular complexity index is 1400. The smallest absolute Gasteiger partial charge is 0.435 e. The molecule has 3 heterocycles. The highest BCUT2D eigenvalue weighted by molar-refractivity contribution is 6.29. The van der Waals surface area contributed by atoms with Crippen molar-refractivity contribution in [2.75, 3.05) is 11.2 Å². The van der Waals surface area contributed by atoms with Crippen molar-refractivity contribution >= 4 is 40.2 Å². The zero-order valence-electron chi connectivity index (χ0n) is 19.6. The first-order chi connectivity index (χ1) is 16.1. The van der Waals surface area contributed by atoms with Crippen LogP contribution in [0.5, 0.6) is 0 Å². The van der Waals surface area contributed by atoms with Crippen LogP contribution in [0.15, 0.2) is 42.9 Å². The van der Waals surface area contributed by atoms with Crippen molar-refractivity contribution in [3.8, 4) is 22.5 Å². The summed E-state index contributed by atoms with van der Waals surface area (Å²) in [4.78, 5) is 29.1. The molecule has 10 heteroatoms. The lowest BCUT2D eigenvalue weighted by atomic mass is 10.0. The Kier molecular flexibility index (Phi) is 6.14. The van der Waals surface area contributed by atoms with Crippen LogP contribution in [0, 0.1) is 6.92 Å². The van der Waals surface area contributed by atoms with Crippen LogP contribution in [-0.4, -0.2) is 48.0 Å². The maximum atomic E-state index is 12.9. The topological polar surface area (TPSA) is 104 Å². The molecule has 4 aromatic rings. The second-order valence-corrected chi connectivity index (χ2v) is 9.21. The summed E-state index contributed by atoms with van der Waals surface area (Å²) in [6.07, 6.45) is 4.56. The minimum absolute atomic E-state index is 0.113. The number of fused-ring (bicyclic) bond motifs is 1. The molecular weight excluding hydrogens is 456 g/mol. The number of anilines is 1. The third-order valence-electron chi connectivity index (χ3n) is 5.02. The van der Waals surface area contributed by atoms with Crippen LogP contribution in [0.25, 0.3) is 33.4 Å². The zero-order valence-corrected chi connectivity index (χ0v) is 20.3. The number of pyridine rings is 1. The molecule has 0 fully saturated rings. The maximum Gasteiger partial charge on any atom is 0.435 e. The molecule has 0 aliphatic rings. The van der Waals surface area contributed by atoms with Gasteiger partial charge in [-0.3, -0.25) is 14.5 Å². The van der Waals surface area contributed by atoms with Crippen LogP contribution < -0.4 is 5.32 Å². The Hall–Kier alpha value is -3.72. The number of carbonyl (C=O) groups excluding carboxylic acids is 2. The van der Waals surface area contributed by atoms with Crippen molar-refractivity contribution in [1.29, 1.82) is 0 Å². The van der Waals surface area contributed by atoms with Gasteiger partial charge in [0.15, 0.2) is 0 Å². The third-order valence-corrected chi connectivity index (χ3v) is 5.26. The van der Waals surface area contributed by atoms with E-state index >= 15 is 0 Å². The van der Waals surface area contributed by atoms with Crippen molar-refractivity contribution in [3.05, 3.63) is 48.4 Å². The van der Waals surface area contributed by atoms with E-state index in [0.29, 0.717) is 22.6 Å². The molecule has 0 bridgehead atoms. The summed E-state index contributed by atoms with van der Waals surface area (Å²) in [5, 5.41) is 12.3. The van der Waals surface area contributed by atoms with Gasteiger partial charge >= 0.3 is 6.09 Å². The first-order valence-corrected chi connectivity index (χ1v) is 11.2. The predicted octanol–water partition coefficient (Wildman–Crippen LogP) is 4.77. The van der Waals surface area contributed by atoms with E-state index in [9.17, 15) is 9.59 Å². The normalized spacial score (nSPS) is 11.6. The van der Waals surface area contributed by atoms with Crippen LogP contribution in [-0.2, 0) is 16.6 Å². The molecule has 9 nitrogen and oxygen atoms in total. The third kappa shape index (κ3) is 4.79. The largest absolute Gasteiger partial charge is 0.442 e. The minimum atomic E-state index is -0.672. The maximum absolute atomic E-state index is 12.9. The second-order valence-electron chi connectivity index (χ2n) is 8.94. The number of benzene rings is 1. The van der Waals surface area contributed by atoms with Crippen molar-refractivity contribution in [3.63, 3.8) is 0 Å². The fourth-order valence-electron chi connectivity index (χ4n) is 3.59. The van der Waals surface area contributed by atoms with Gasteiger partial charge in [-0.2, -0.15) is 14.9 Å². The van der Waals surface area contributed by atoms with Gasteiger partial charge in [-0.05, 0) is 51.5 Å². The highest BCUT2D eigenvalue weighted by Gasteiger charge is 2.24. The zero-order chi connectivity index (χ0) is 24.6. The standard InChI is InChI=1S/C24H25ClN6O3/c1-14-8-16(28-21(32)10-25)6-7-17(14)19-9-18-20(12-26-19)31(23(33)34-24(2,3)4)29-22(18)15-11-27-30(5)13-15/h6-9,11-13H,10H2,1-5H3,(H,28,32). The van der Waals surface area contributed by atoms with Crippen molar-refractivity contribution in [1.82, 2.24) is 24.5 Å². The van der Waals surface area contributed by atoms with Crippen molar-refractivity contribution in [2.45, 2.75) is 33.3 Å². The molecule has 34 heavy (non-hydrogen) atoms. The Morgan fingerprint density at radius 2 is 1.94 bits per heavy atom. The molecule has 0 saturated heterocycles. The summed E-state index contributed by atoms with van der Waals surface area (Å²) in [6.45, 7) is 7.34. The SMILES string of the molecule is Cc1cc(NC(=O)CCl)ccc1-c1cc2c(-c3cnn(C)c3)nn(C(=O)OC(C)(C)C)c2cn1. The van der Waals surface area contributed by atoms with Gasteiger partial charge in [-0.1, -0.05) is 6.07 Å². The molecule has 0 aliphatic carbocycles. The number of aromatic nitrogens is 5. The molecule has 4 rings (SSSR count). The Balaban J connectivity index is 1.82. The number of hydrogen-bond donors (Lipinski definition) is 1. The Morgan fingerprint density at radius 3 is 2.56 bits per heavy atom. The summed E-state index contributed by atoms with van der Waals surface area (Å²) >= 11 is 5.58. The number of nitrogens with zero attached hydrogens (tertiary/aromatic N) is 5. The van der Waals surface area contributed by atoms with Gasteiger partial charge in [0.1, 0.15) is 17.2 Å². The van der Waals surface area contributed by atoms with Crippen LogP contribution >= 0.6 is 11.6 Å². The second kappa shape index (κ2) is 8.90. The summed E-state index contributed by atoms with van der Waals surface area (Å²) in [5.74, 6) is -0.387. The molecule has 0 radical (unpaired) electrons. The van der Waals surface area contributed by atoms with Crippen molar-refractivity contribution in [2.24, 2.45) is 7.05 Å². The average Bonchev–Trinajstić information content (AvgIpc) is 3.35. The van der Waals surface area contributed by atoms with Gasteiger partial charge in [0.25, 0.3) is 0 Å². The van der Waals surface area contributed by atoms with E-state index < -0.39 is 11.7 Å². The Morgan fingerprint density at radius 1 is 1.18 bits per heavy atom. The van der Waals surface area contributed by atoms with Crippen molar-refractivity contribution < 1.29 is 14.3 Å². The van der Waals surface area contributed by atoms with Crippen LogP contribution in [0.2, 0.25) is 0 Å². The quantitative estimate of drug-likeness (QED) is 0.422. The van der Waals surface area contributed by atoms with E-state index in [1.54, 1.807) is 43.9 Å². The molecule has 0 aliphatic heterocycles. The molecule has 0 unspecified atom stereocenters. The fourth-order valence-corrected chi connectivity index (χ4v) is 3.65. The molecule has 3 aromatic heterocycles. The molecule has 1 N–H and O–H groups in total. The van der Waals surface area contributed by atoms with E-state index in [-0.39, 0.29) is 11.8 Å². The van der Waals surface area contributed by atoms with E-state index in [0.717, 1.165) is 22.1 Å². The monoisotopic (exact) mass is 480 g/mol. The number of halogens is 1. The Labute approximate surface area is 201 Å². The van der Waals surface area contributed by atoms with Gasteiger partial charge < -0.3 is 10.1 Å². The van der Waals surface area contributed by atoms with E-state index in [2.05, 4.69) is 20.5 Å². The van der Waals surface area contributed by atoms with E-state index in [1.165, 1.54) is 4.68 Å². The first-order valence-electron chi connectivity index (χ1n) is 10.6. The van der Waals surface area contributed by atoms with E-state index in [1.807, 2.05) is 38.4 Å². The highest BCUT2D eigenvalue weighted by Crippen LogP contribution is 2.32. The first kappa shape index (κ1) is 23.4. The van der Waals surface area contributed by atoms with Crippen LogP contribution in [0.1, 0.15) is 26.3 Å². The molecular formula is C24H25ClN6O3. The van der Waals surface area contributed by atoms with Gasteiger partial charge in [0.05, 0.1) is 23.6 Å². The number of carbonyl (C=O) groups is 2. The number of alkyl halides is 1. The van der Waals surface area contributed by atoms with Crippen LogP contribution in [0.3, 0.4) is 0 Å². The highest BCUT2D eigenvalue weighted by atomic mass is 35.5. The van der Waals surface area contributed by atoms with Crippen LogP contribution in [0.4, 0.5) is 10.5 Å². The van der Waals surface area contributed by atoms with Gasteiger partial charge in [-0.15, -0.1) is 11.6 Å².